The highest BCUT2D eigenvalue weighted by Gasteiger charge is 2.22. The summed E-state index contributed by atoms with van der Waals surface area (Å²) in [4.78, 5) is 22.7. The summed E-state index contributed by atoms with van der Waals surface area (Å²) in [6.45, 7) is 2.95. The molecule has 0 atom stereocenters. The molecule has 0 N–H and O–H groups in total. The number of nitro groups is 1. The van der Waals surface area contributed by atoms with Crippen LogP contribution in [0.1, 0.15) is 11.4 Å². The summed E-state index contributed by atoms with van der Waals surface area (Å²) in [6.07, 6.45) is 0. The number of ether oxygens (including phenoxy) is 1. The van der Waals surface area contributed by atoms with Gasteiger partial charge in [-0.15, -0.1) is 11.8 Å². The standard InChI is InChI=1S/C15H16FN3O4S/c1-10-15(19(21)22)11(2)18(17-10)9-14(20)23-7-8-24-13-6-4-3-5-12(13)16/h3-6H,7-9H2,1-2H3. The van der Waals surface area contributed by atoms with Gasteiger partial charge in [0.2, 0.25) is 0 Å². The van der Waals surface area contributed by atoms with Crippen LogP contribution in [0.2, 0.25) is 0 Å². The Labute approximate surface area is 142 Å². The molecule has 0 saturated heterocycles. The number of hydrogen-bond acceptors (Lipinski definition) is 6. The average Bonchev–Trinajstić information content (AvgIpc) is 2.79. The molecule has 24 heavy (non-hydrogen) atoms. The van der Waals surface area contributed by atoms with E-state index in [1.807, 2.05) is 0 Å². The predicted octanol–water partition coefficient (Wildman–Crippen LogP) is 2.88. The molecular formula is C15H16FN3O4S. The van der Waals surface area contributed by atoms with Gasteiger partial charge in [0.15, 0.2) is 0 Å². The Morgan fingerprint density at radius 1 is 1.42 bits per heavy atom. The zero-order valence-electron chi connectivity index (χ0n) is 13.2. The highest BCUT2D eigenvalue weighted by molar-refractivity contribution is 7.99. The fraction of sp³-hybridized carbons (Fsp3) is 0.333. The monoisotopic (exact) mass is 353 g/mol. The van der Waals surface area contributed by atoms with Gasteiger partial charge in [0.05, 0.1) is 4.92 Å². The molecule has 0 amide bonds. The number of aryl methyl sites for hydroxylation is 1. The van der Waals surface area contributed by atoms with Gasteiger partial charge in [-0.2, -0.15) is 5.10 Å². The second-order valence-electron chi connectivity index (χ2n) is 4.93. The third-order valence-corrected chi connectivity index (χ3v) is 4.26. The average molecular weight is 353 g/mol. The summed E-state index contributed by atoms with van der Waals surface area (Å²) in [6, 6.07) is 6.35. The van der Waals surface area contributed by atoms with Crippen LogP contribution in [0.5, 0.6) is 0 Å². The highest BCUT2D eigenvalue weighted by atomic mass is 32.2. The predicted molar refractivity (Wildman–Crippen MR) is 86.4 cm³/mol. The van der Waals surface area contributed by atoms with Crippen molar-refractivity contribution in [3.63, 3.8) is 0 Å². The minimum Gasteiger partial charge on any atom is -0.463 e. The summed E-state index contributed by atoms with van der Waals surface area (Å²) in [5.74, 6) is -0.461. The first-order valence-corrected chi connectivity index (χ1v) is 8.10. The lowest BCUT2D eigenvalue weighted by Crippen LogP contribution is -2.17. The number of thioether (sulfide) groups is 1. The zero-order chi connectivity index (χ0) is 17.7. The second kappa shape index (κ2) is 7.91. The van der Waals surface area contributed by atoms with Crippen LogP contribution < -0.4 is 0 Å². The largest absolute Gasteiger partial charge is 0.463 e. The number of hydrogen-bond donors (Lipinski definition) is 0. The van der Waals surface area contributed by atoms with E-state index in [2.05, 4.69) is 5.10 Å². The molecule has 0 saturated carbocycles. The minimum atomic E-state index is -0.551. The summed E-state index contributed by atoms with van der Waals surface area (Å²) < 4.78 is 19.7. The molecular weight excluding hydrogens is 337 g/mol. The Kier molecular flexibility index (Phi) is 5.91. The summed E-state index contributed by atoms with van der Waals surface area (Å²) in [5, 5.41) is 14.9. The van der Waals surface area contributed by atoms with E-state index in [1.54, 1.807) is 18.2 Å². The number of carbonyl (C=O) groups excluding carboxylic acids is 1. The van der Waals surface area contributed by atoms with E-state index in [0.29, 0.717) is 16.3 Å². The fourth-order valence-electron chi connectivity index (χ4n) is 2.14. The van der Waals surface area contributed by atoms with E-state index >= 15 is 0 Å². The number of aromatic nitrogens is 2. The smallest absolute Gasteiger partial charge is 0.327 e. The topological polar surface area (TPSA) is 87.3 Å². The third kappa shape index (κ3) is 4.31. The number of rotatable bonds is 7. The maximum Gasteiger partial charge on any atom is 0.327 e. The molecule has 1 aromatic heterocycles. The van der Waals surface area contributed by atoms with Crippen LogP contribution in [0.25, 0.3) is 0 Å². The number of benzene rings is 1. The van der Waals surface area contributed by atoms with E-state index in [0.717, 1.165) is 0 Å². The quantitative estimate of drug-likeness (QED) is 0.250. The molecule has 0 aliphatic heterocycles. The van der Waals surface area contributed by atoms with Gasteiger partial charge in [-0.1, -0.05) is 12.1 Å². The van der Waals surface area contributed by atoms with Gasteiger partial charge in [0, 0.05) is 10.6 Å². The summed E-state index contributed by atoms with van der Waals surface area (Å²) in [7, 11) is 0. The lowest BCUT2D eigenvalue weighted by atomic mass is 10.3. The third-order valence-electron chi connectivity index (χ3n) is 3.25. The second-order valence-corrected chi connectivity index (χ2v) is 6.07. The van der Waals surface area contributed by atoms with Crippen LogP contribution >= 0.6 is 11.8 Å². The molecule has 2 aromatic rings. The number of carbonyl (C=O) groups is 1. The number of nitrogens with zero attached hydrogens (tertiary/aromatic N) is 3. The maximum atomic E-state index is 13.4. The Balaban J connectivity index is 1.83. The van der Waals surface area contributed by atoms with Crippen molar-refractivity contribution >= 4 is 23.4 Å². The van der Waals surface area contributed by atoms with Crippen molar-refractivity contribution in [1.82, 2.24) is 9.78 Å². The van der Waals surface area contributed by atoms with Gasteiger partial charge >= 0.3 is 11.7 Å². The van der Waals surface area contributed by atoms with Gasteiger partial charge < -0.3 is 4.74 Å². The van der Waals surface area contributed by atoms with Gasteiger partial charge in [0.25, 0.3) is 0 Å². The molecule has 1 heterocycles. The molecule has 0 aliphatic rings. The number of esters is 1. The first-order valence-electron chi connectivity index (χ1n) is 7.11. The van der Waals surface area contributed by atoms with Crippen LogP contribution in [0, 0.1) is 29.8 Å². The Morgan fingerprint density at radius 3 is 2.75 bits per heavy atom. The molecule has 7 nitrogen and oxygen atoms in total. The molecule has 0 fully saturated rings. The molecule has 0 aliphatic carbocycles. The van der Waals surface area contributed by atoms with E-state index in [1.165, 1.54) is 36.4 Å². The molecule has 0 unspecified atom stereocenters. The normalized spacial score (nSPS) is 10.6. The summed E-state index contributed by atoms with van der Waals surface area (Å²) >= 11 is 1.24. The van der Waals surface area contributed by atoms with E-state index in [4.69, 9.17) is 4.74 Å². The Bertz CT molecular complexity index is 763. The van der Waals surface area contributed by atoms with Crippen molar-refractivity contribution in [1.29, 1.82) is 0 Å². The van der Waals surface area contributed by atoms with Crippen molar-refractivity contribution in [3.8, 4) is 0 Å². The molecule has 1 aromatic carbocycles. The first-order chi connectivity index (χ1) is 11.4. The number of halogens is 1. The molecule has 0 radical (unpaired) electrons. The van der Waals surface area contributed by atoms with Crippen molar-refractivity contribution < 1.29 is 18.8 Å². The van der Waals surface area contributed by atoms with Crippen molar-refractivity contribution in [2.45, 2.75) is 25.3 Å². The van der Waals surface area contributed by atoms with Crippen LogP contribution in [0.4, 0.5) is 10.1 Å². The maximum absolute atomic E-state index is 13.4. The van der Waals surface area contributed by atoms with Crippen molar-refractivity contribution in [2.24, 2.45) is 0 Å². The SMILES string of the molecule is Cc1nn(CC(=O)OCCSc2ccccc2F)c(C)c1[N+](=O)[O-]. The lowest BCUT2D eigenvalue weighted by molar-refractivity contribution is -0.386. The van der Waals surface area contributed by atoms with Gasteiger partial charge in [-0.3, -0.25) is 19.6 Å². The van der Waals surface area contributed by atoms with Crippen LogP contribution in [-0.4, -0.2) is 33.0 Å². The van der Waals surface area contributed by atoms with Gasteiger partial charge in [-0.25, -0.2) is 4.39 Å². The fourth-order valence-corrected chi connectivity index (χ4v) is 2.91. The summed E-state index contributed by atoms with van der Waals surface area (Å²) in [5.41, 5.74) is 0.452. The van der Waals surface area contributed by atoms with Crippen LogP contribution in [0.15, 0.2) is 29.2 Å². The molecule has 0 spiro atoms. The molecule has 128 valence electrons. The first kappa shape index (κ1) is 17.9. The molecule has 0 bridgehead atoms. The van der Waals surface area contributed by atoms with E-state index in [9.17, 15) is 19.3 Å². The van der Waals surface area contributed by atoms with E-state index in [-0.39, 0.29) is 30.4 Å². The van der Waals surface area contributed by atoms with Gasteiger partial charge in [0.1, 0.15) is 30.4 Å². The van der Waals surface area contributed by atoms with Crippen molar-refractivity contribution in [3.05, 3.63) is 51.6 Å². The highest BCUT2D eigenvalue weighted by Crippen LogP contribution is 2.22. The molecule has 2 rings (SSSR count). The van der Waals surface area contributed by atoms with Crippen LogP contribution in [0.3, 0.4) is 0 Å². The van der Waals surface area contributed by atoms with Crippen LogP contribution in [-0.2, 0) is 16.1 Å². The molecule has 9 heteroatoms. The lowest BCUT2D eigenvalue weighted by Gasteiger charge is -2.06. The van der Waals surface area contributed by atoms with Crippen molar-refractivity contribution in [2.75, 3.05) is 12.4 Å². The Hall–Kier alpha value is -2.42. The Morgan fingerprint density at radius 2 is 2.12 bits per heavy atom. The zero-order valence-corrected chi connectivity index (χ0v) is 14.0. The van der Waals surface area contributed by atoms with Gasteiger partial charge in [-0.05, 0) is 26.0 Å². The van der Waals surface area contributed by atoms with E-state index < -0.39 is 10.9 Å². The minimum absolute atomic E-state index is 0.0992.